The Morgan fingerprint density at radius 3 is 3.11 bits per heavy atom. The van der Waals surface area contributed by atoms with Crippen LogP contribution in [-0.2, 0) is 6.42 Å². The van der Waals surface area contributed by atoms with Gasteiger partial charge >= 0.3 is 0 Å². The van der Waals surface area contributed by atoms with Crippen LogP contribution in [-0.4, -0.2) is 23.7 Å². The minimum atomic E-state index is 0.312. The molecule has 104 valence electrons. The number of benzene rings is 1. The van der Waals surface area contributed by atoms with E-state index < -0.39 is 0 Å². The highest BCUT2D eigenvalue weighted by Crippen LogP contribution is 2.36. The number of hydrogen-bond donors (Lipinski definition) is 1. The Morgan fingerprint density at radius 1 is 1.32 bits per heavy atom. The Hall–Kier alpha value is -0.830. The molecular formula is C16H23NOS. The van der Waals surface area contributed by atoms with Gasteiger partial charge in [0.25, 0.3) is 0 Å². The molecule has 0 bridgehead atoms. The minimum absolute atomic E-state index is 0.312. The van der Waals surface area contributed by atoms with E-state index in [1.807, 2.05) is 0 Å². The van der Waals surface area contributed by atoms with Gasteiger partial charge in [0, 0.05) is 17.0 Å². The highest BCUT2D eigenvalue weighted by molar-refractivity contribution is 8.00. The van der Waals surface area contributed by atoms with Crippen LogP contribution in [0, 0.1) is 0 Å². The van der Waals surface area contributed by atoms with Crippen molar-refractivity contribution in [1.29, 1.82) is 0 Å². The van der Waals surface area contributed by atoms with E-state index in [-0.39, 0.29) is 0 Å². The molecule has 3 rings (SSSR count). The number of fused-ring (bicyclic) bond motifs is 1. The van der Waals surface area contributed by atoms with Crippen molar-refractivity contribution in [2.24, 2.45) is 0 Å². The fourth-order valence-corrected chi connectivity index (χ4v) is 4.15. The fraction of sp³-hybridized carbons (Fsp3) is 0.625. The van der Waals surface area contributed by atoms with Gasteiger partial charge in [0.05, 0.1) is 0 Å². The zero-order valence-electron chi connectivity index (χ0n) is 11.7. The van der Waals surface area contributed by atoms with Crippen LogP contribution in [0.2, 0.25) is 0 Å². The summed E-state index contributed by atoms with van der Waals surface area (Å²) >= 11 is 2.08. The largest absolute Gasteiger partial charge is 0.492 e. The molecule has 1 aromatic carbocycles. The summed E-state index contributed by atoms with van der Waals surface area (Å²) < 4.78 is 6.38. The molecule has 19 heavy (non-hydrogen) atoms. The summed E-state index contributed by atoms with van der Waals surface area (Å²) in [4.78, 5) is 0. The average Bonchev–Trinajstić information content (AvgIpc) is 2.46. The average molecular weight is 277 g/mol. The third-order valence-electron chi connectivity index (χ3n) is 4.11. The second-order valence-electron chi connectivity index (χ2n) is 5.89. The highest BCUT2D eigenvalue weighted by Gasteiger charge is 2.28. The van der Waals surface area contributed by atoms with E-state index in [0.29, 0.717) is 4.75 Å². The summed E-state index contributed by atoms with van der Waals surface area (Å²) in [6.45, 7) is 4.28. The Bertz CT molecular complexity index is 440. The van der Waals surface area contributed by atoms with Crippen molar-refractivity contribution >= 4 is 17.4 Å². The molecule has 0 radical (unpaired) electrons. The van der Waals surface area contributed by atoms with Crippen LogP contribution in [0.5, 0.6) is 5.75 Å². The molecule has 2 aliphatic rings. The standard InChI is InChI=1S/C16H23NOS/c1-16(8-2-3-10-19-16)12-18-14-6-7-15-13(11-14)5-4-9-17-15/h6-7,11,17H,2-5,8-10,12H2,1H3. The van der Waals surface area contributed by atoms with Crippen molar-refractivity contribution in [3.8, 4) is 5.75 Å². The van der Waals surface area contributed by atoms with Gasteiger partial charge < -0.3 is 10.1 Å². The molecule has 2 aliphatic heterocycles. The lowest BCUT2D eigenvalue weighted by Gasteiger charge is -2.32. The second kappa shape index (κ2) is 5.66. The molecule has 1 saturated heterocycles. The van der Waals surface area contributed by atoms with Gasteiger partial charge in [-0.05, 0) is 62.1 Å². The molecule has 1 fully saturated rings. The Kier molecular flexibility index (Phi) is 3.92. The molecular weight excluding hydrogens is 254 g/mol. The lowest BCUT2D eigenvalue weighted by Crippen LogP contribution is -2.31. The Morgan fingerprint density at radius 2 is 2.26 bits per heavy atom. The first-order valence-electron chi connectivity index (χ1n) is 7.39. The third kappa shape index (κ3) is 3.19. The molecule has 0 saturated carbocycles. The van der Waals surface area contributed by atoms with Crippen molar-refractivity contribution in [3.05, 3.63) is 23.8 Å². The van der Waals surface area contributed by atoms with Gasteiger partial charge in [-0.25, -0.2) is 0 Å². The topological polar surface area (TPSA) is 21.3 Å². The monoisotopic (exact) mass is 277 g/mol. The number of nitrogens with one attached hydrogen (secondary N) is 1. The first-order valence-corrected chi connectivity index (χ1v) is 8.37. The Balaban J connectivity index is 1.63. The number of anilines is 1. The zero-order valence-corrected chi connectivity index (χ0v) is 12.5. The molecule has 3 heteroatoms. The second-order valence-corrected chi connectivity index (χ2v) is 7.58. The zero-order chi connectivity index (χ0) is 13.1. The molecule has 0 amide bonds. The van der Waals surface area contributed by atoms with Crippen molar-refractivity contribution in [1.82, 2.24) is 0 Å². The van der Waals surface area contributed by atoms with Crippen LogP contribution in [0.25, 0.3) is 0 Å². The van der Waals surface area contributed by atoms with Gasteiger partial charge in [-0.15, -0.1) is 0 Å². The van der Waals surface area contributed by atoms with Crippen LogP contribution >= 0.6 is 11.8 Å². The van der Waals surface area contributed by atoms with Crippen molar-refractivity contribution in [3.63, 3.8) is 0 Å². The molecule has 0 aromatic heterocycles. The number of aryl methyl sites for hydroxylation is 1. The molecule has 1 N–H and O–H groups in total. The van der Waals surface area contributed by atoms with Gasteiger partial charge in [-0.2, -0.15) is 11.8 Å². The SMILES string of the molecule is CC1(COc2ccc3c(c2)CCCN3)CCCCS1. The summed E-state index contributed by atoms with van der Waals surface area (Å²) in [5.41, 5.74) is 2.70. The van der Waals surface area contributed by atoms with E-state index in [0.717, 1.165) is 18.9 Å². The summed E-state index contributed by atoms with van der Waals surface area (Å²) in [5, 5.41) is 3.44. The lowest BCUT2D eigenvalue weighted by molar-refractivity contribution is 0.266. The molecule has 2 heterocycles. The van der Waals surface area contributed by atoms with E-state index in [2.05, 4.69) is 42.2 Å². The lowest BCUT2D eigenvalue weighted by atomic mass is 10.0. The number of ether oxygens (including phenoxy) is 1. The first kappa shape index (κ1) is 13.2. The van der Waals surface area contributed by atoms with Crippen molar-refractivity contribution in [2.45, 2.75) is 43.8 Å². The van der Waals surface area contributed by atoms with Crippen molar-refractivity contribution < 1.29 is 4.74 Å². The first-order chi connectivity index (χ1) is 9.25. The van der Waals surface area contributed by atoms with E-state index in [1.165, 1.54) is 49.1 Å². The van der Waals surface area contributed by atoms with Gasteiger partial charge in [0.2, 0.25) is 0 Å². The third-order valence-corrected chi connectivity index (χ3v) is 5.62. The summed E-state index contributed by atoms with van der Waals surface area (Å²) in [5.74, 6) is 2.32. The smallest absolute Gasteiger partial charge is 0.119 e. The molecule has 0 spiro atoms. The molecule has 1 atom stereocenters. The van der Waals surface area contributed by atoms with Crippen LogP contribution in [0.1, 0.15) is 38.2 Å². The predicted molar refractivity (Wildman–Crippen MR) is 83.5 cm³/mol. The van der Waals surface area contributed by atoms with Gasteiger partial charge in [-0.3, -0.25) is 0 Å². The van der Waals surface area contributed by atoms with Crippen LogP contribution in [0.4, 0.5) is 5.69 Å². The van der Waals surface area contributed by atoms with E-state index in [9.17, 15) is 0 Å². The maximum atomic E-state index is 6.07. The number of hydrogen-bond acceptors (Lipinski definition) is 3. The van der Waals surface area contributed by atoms with Gasteiger partial charge in [0.15, 0.2) is 0 Å². The van der Waals surface area contributed by atoms with E-state index in [1.54, 1.807) is 0 Å². The van der Waals surface area contributed by atoms with Crippen LogP contribution < -0.4 is 10.1 Å². The molecule has 0 aliphatic carbocycles. The quantitative estimate of drug-likeness (QED) is 0.899. The van der Waals surface area contributed by atoms with Gasteiger partial charge in [0.1, 0.15) is 12.4 Å². The molecule has 1 unspecified atom stereocenters. The Labute approximate surface area is 120 Å². The van der Waals surface area contributed by atoms with Gasteiger partial charge in [-0.1, -0.05) is 6.42 Å². The fourth-order valence-electron chi connectivity index (χ4n) is 2.88. The van der Waals surface area contributed by atoms with E-state index >= 15 is 0 Å². The summed E-state index contributed by atoms with van der Waals surface area (Å²) in [6.07, 6.45) is 6.39. The maximum Gasteiger partial charge on any atom is 0.119 e. The predicted octanol–water partition coefficient (Wildman–Crippen LogP) is 4.10. The highest BCUT2D eigenvalue weighted by atomic mass is 32.2. The van der Waals surface area contributed by atoms with Crippen LogP contribution in [0.15, 0.2) is 18.2 Å². The molecule has 2 nitrogen and oxygen atoms in total. The van der Waals surface area contributed by atoms with Crippen LogP contribution in [0.3, 0.4) is 0 Å². The maximum absolute atomic E-state index is 6.07. The summed E-state index contributed by atoms with van der Waals surface area (Å²) in [7, 11) is 0. The van der Waals surface area contributed by atoms with E-state index in [4.69, 9.17) is 4.74 Å². The minimum Gasteiger partial charge on any atom is -0.492 e. The normalized spacial score (nSPS) is 26.4. The summed E-state index contributed by atoms with van der Waals surface area (Å²) in [6, 6.07) is 6.49. The number of rotatable bonds is 3. The van der Waals surface area contributed by atoms with Crippen molar-refractivity contribution in [2.75, 3.05) is 24.2 Å². The number of thioether (sulfide) groups is 1. The molecule has 1 aromatic rings.